The Morgan fingerprint density at radius 1 is 0.926 bits per heavy atom. The van der Waals surface area contributed by atoms with Gasteiger partial charge in [-0.05, 0) is 42.5 Å². The van der Waals surface area contributed by atoms with Crippen molar-refractivity contribution in [2.24, 2.45) is 4.99 Å². The van der Waals surface area contributed by atoms with Crippen molar-refractivity contribution in [1.29, 1.82) is 0 Å². The largest absolute Gasteiger partial charge is 0.447 e. The zero-order valence-corrected chi connectivity index (χ0v) is 16.5. The van der Waals surface area contributed by atoms with Gasteiger partial charge in [0.25, 0.3) is 0 Å². The lowest BCUT2D eigenvalue weighted by Gasteiger charge is -2.35. The van der Waals surface area contributed by atoms with Crippen LogP contribution in [0.5, 0.6) is 0 Å². The lowest BCUT2D eigenvalue weighted by Crippen LogP contribution is -2.46. The van der Waals surface area contributed by atoms with Crippen LogP contribution in [0, 0.1) is 0 Å². The molecule has 1 aliphatic heterocycles. The first kappa shape index (κ1) is 18.2. The molecule has 1 unspecified atom stereocenters. The van der Waals surface area contributed by atoms with Crippen molar-refractivity contribution in [1.82, 2.24) is 14.9 Å². The molecule has 4 rings (SSSR count). The molecule has 0 N–H and O–H groups in total. The van der Waals surface area contributed by atoms with Crippen LogP contribution >= 0.6 is 47.0 Å². The summed E-state index contributed by atoms with van der Waals surface area (Å²) in [5.41, 5.74) is 1.40. The van der Waals surface area contributed by atoms with Gasteiger partial charge in [-0.2, -0.15) is 4.99 Å². The third-order valence-corrected chi connectivity index (χ3v) is 4.89. The van der Waals surface area contributed by atoms with Gasteiger partial charge in [-0.15, -0.1) is 10.2 Å². The number of benzene rings is 2. The quantitative estimate of drug-likeness (QED) is 0.558. The molecule has 0 bridgehead atoms. The van der Waals surface area contributed by atoms with Gasteiger partial charge < -0.3 is 4.74 Å². The molecule has 0 radical (unpaired) electrons. The Labute approximate surface area is 174 Å². The Hall–Kier alpha value is -2.19. The summed E-state index contributed by atoms with van der Waals surface area (Å²) in [5.74, 6) is 0.297. The Kier molecular flexibility index (Phi) is 5.01. The third-order valence-electron chi connectivity index (χ3n) is 3.81. The Morgan fingerprint density at radius 2 is 1.59 bits per heavy atom. The highest BCUT2D eigenvalue weighted by molar-refractivity contribution is 7.80. The van der Waals surface area contributed by atoms with Crippen molar-refractivity contribution >= 4 is 58.0 Å². The molecule has 10 heteroatoms. The number of rotatable bonds is 3. The monoisotopic (exact) mass is 437 g/mol. The Morgan fingerprint density at radius 3 is 2.26 bits per heavy atom. The van der Waals surface area contributed by atoms with E-state index in [0.29, 0.717) is 26.5 Å². The second-order valence-electron chi connectivity index (χ2n) is 5.53. The van der Waals surface area contributed by atoms with E-state index in [-0.39, 0.29) is 5.11 Å². The van der Waals surface area contributed by atoms with Crippen molar-refractivity contribution in [2.75, 3.05) is 5.01 Å². The van der Waals surface area contributed by atoms with Crippen molar-refractivity contribution in [2.45, 2.75) is 6.23 Å². The van der Waals surface area contributed by atoms with Crippen LogP contribution in [0.15, 0.2) is 60.1 Å². The molecule has 1 aromatic heterocycles. The van der Waals surface area contributed by atoms with Gasteiger partial charge in [0.1, 0.15) is 12.7 Å². The molecular formula is C17H10Cl3N5OS. The minimum absolute atomic E-state index is 0.266. The zero-order valence-electron chi connectivity index (χ0n) is 13.5. The smallest absolute Gasteiger partial charge is 0.227 e. The molecule has 2 heterocycles. The van der Waals surface area contributed by atoms with E-state index in [4.69, 9.17) is 51.8 Å². The number of aliphatic imine (C=N–C) groups is 1. The van der Waals surface area contributed by atoms with E-state index in [9.17, 15) is 0 Å². The van der Waals surface area contributed by atoms with Gasteiger partial charge >= 0.3 is 0 Å². The number of hydrogen-bond donors (Lipinski definition) is 0. The van der Waals surface area contributed by atoms with Crippen LogP contribution in [0.4, 0.5) is 0 Å². The molecule has 6 nitrogen and oxygen atoms in total. The van der Waals surface area contributed by atoms with Crippen molar-refractivity contribution < 1.29 is 4.74 Å². The lowest BCUT2D eigenvalue weighted by molar-refractivity contribution is 0.172. The minimum atomic E-state index is -0.620. The fourth-order valence-corrected chi connectivity index (χ4v) is 3.46. The fraction of sp³-hybridized carbons (Fsp3) is 0.0588. The summed E-state index contributed by atoms with van der Waals surface area (Å²) in [6.45, 7) is 0. The highest BCUT2D eigenvalue weighted by atomic mass is 35.5. The molecule has 0 saturated carbocycles. The lowest BCUT2D eigenvalue weighted by atomic mass is 10.1. The second kappa shape index (κ2) is 7.44. The van der Waals surface area contributed by atoms with E-state index in [1.165, 1.54) is 12.7 Å². The van der Waals surface area contributed by atoms with Crippen LogP contribution in [0.2, 0.25) is 15.1 Å². The first-order valence-corrected chi connectivity index (χ1v) is 9.21. The first-order chi connectivity index (χ1) is 13.0. The molecular weight excluding hydrogens is 429 g/mol. The number of thiocarbonyl (C=S) groups is 1. The van der Waals surface area contributed by atoms with Crippen LogP contribution in [-0.4, -0.2) is 25.9 Å². The predicted molar refractivity (Wildman–Crippen MR) is 109 cm³/mol. The maximum absolute atomic E-state index is 6.32. The van der Waals surface area contributed by atoms with Gasteiger partial charge in [0.05, 0.1) is 10.6 Å². The van der Waals surface area contributed by atoms with Gasteiger partial charge in [0, 0.05) is 15.6 Å². The molecule has 27 heavy (non-hydrogen) atoms. The molecule has 1 atom stereocenters. The third kappa shape index (κ3) is 3.64. The minimum Gasteiger partial charge on any atom is -0.447 e. The summed E-state index contributed by atoms with van der Waals surface area (Å²) in [5, 5.41) is 11.1. The normalized spacial score (nSPS) is 16.9. The van der Waals surface area contributed by atoms with E-state index in [0.717, 1.165) is 5.56 Å². The van der Waals surface area contributed by atoms with Crippen molar-refractivity contribution in [3.63, 3.8) is 0 Å². The van der Waals surface area contributed by atoms with Crippen molar-refractivity contribution in [3.8, 4) is 0 Å². The SMILES string of the molecule is S=C1N=C(c2ccc(Cl)cc2Cl)OC(c2ccc(Cl)cc2)N1n1cnnc1. The summed E-state index contributed by atoms with van der Waals surface area (Å²) in [4.78, 5) is 4.40. The van der Waals surface area contributed by atoms with Crippen LogP contribution in [-0.2, 0) is 4.74 Å². The number of ether oxygens (including phenoxy) is 1. The second-order valence-corrected chi connectivity index (χ2v) is 7.18. The summed E-state index contributed by atoms with van der Waals surface area (Å²) < 4.78 is 7.77. The number of hydrogen-bond acceptors (Lipinski definition) is 4. The molecule has 0 spiro atoms. The molecule has 2 aromatic carbocycles. The highest BCUT2D eigenvalue weighted by Gasteiger charge is 2.33. The zero-order chi connectivity index (χ0) is 19.0. The van der Waals surface area contributed by atoms with E-state index in [1.807, 2.05) is 12.1 Å². The van der Waals surface area contributed by atoms with Crippen LogP contribution in [0.3, 0.4) is 0 Å². The van der Waals surface area contributed by atoms with E-state index in [2.05, 4.69) is 15.2 Å². The van der Waals surface area contributed by atoms with Crippen LogP contribution < -0.4 is 5.01 Å². The maximum Gasteiger partial charge on any atom is 0.227 e. The molecule has 0 saturated heterocycles. The fourth-order valence-electron chi connectivity index (χ4n) is 2.57. The van der Waals surface area contributed by atoms with Gasteiger partial charge in [0.15, 0.2) is 0 Å². The molecule has 0 aliphatic carbocycles. The highest BCUT2D eigenvalue weighted by Crippen LogP contribution is 2.31. The van der Waals surface area contributed by atoms with Crippen LogP contribution in [0.25, 0.3) is 0 Å². The molecule has 3 aromatic rings. The first-order valence-electron chi connectivity index (χ1n) is 7.67. The average molecular weight is 439 g/mol. The molecule has 1 aliphatic rings. The summed E-state index contributed by atoms with van der Waals surface area (Å²) in [7, 11) is 0. The van der Waals surface area contributed by atoms with Gasteiger partial charge in [-0.25, -0.2) is 9.69 Å². The number of nitrogens with zero attached hydrogens (tertiary/aromatic N) is 5. The summed E-state index contributed by atoms with van der Waals surface area (Å²) in [6, 6.07) is 12.3. The standard InChI is InChI=1S/C17H10Cl3N5OS/c18-11-3-1-10(2-4-11)16-25(24-8-21-22-9-24)17(27)23-15(26-16)13-6-5-12(19)7-14(13)20/h1-9,16H. The molecule has 0 fully saturated rings. The van der Waals surface area contributed by atoms with E-state index < -0.39 is 6.23 Å². The predicted octanol–water partition coefficient (Wildman–Crippen LogP) is 4.64. The Bertz CT molecular complexity index is 1020. The number of aromatic nitrogens is 3. The summed E-state index contributed by atoms with van der Waals surface area (Å²) in [6.07, 6.45) is 2.40. The van der Waals surface area contributed by atoms with Crippen molar-refractivity contribution in [3.05, 3.63) is 81.3 Å². The van der Waals surface area contributed by atoms with E-state index in [1.54, 1.807) is 40.0 Å². The Balaban J connectivity index is 1.80. The maximum atomic E-state index is 6.32. The summed E-state index contributed by atoms with van der Waals surface area (Å²) >= 11 is 23.8. The van der Waals surface area contributed by atoms with Gasteiger partial charge in [-0.3, -0.25) is 0 Å². The van der Waals surface area contributed by atoms with E-state index >= 15 is 0 Å². The molecule has 136 valence electrons. The van der Waals surface area contributed by atoms with Gasteiger partial charge in [-0.1, -0.05) is 46.9 Å². The average Bonchev–Trinajstić information content (AvgIpc) is 3.16. The molecule has 0 amide bonds. The van der Waals surface area contributed by atoms with Gasteiger partial charge in [0.2, 0.25) is 17.2 Å². The topological polar surface area (TPSA) is 55.5 Å². The number of halogens is 3. The van der Waals surface area contributed by atoms with Crippen LogP contribution in [0.1, 0.15) is 17.4 Å².